The van der Waals surface area contributed by atoms with Crippen molar-refractivity contribution >= 4 is 17.5 Å². The highest BCUT2D eigenvalue weighted by atomic mass is 32.2. The Balaban J connectivity index is 2.24. The number of carbonyl (C=O) groups excluding carboxylic acids is 1. The third-order valence-corrected chi connectivity index (χ3v) is 4.06. The molecular weight excluding hydrogens is 240 g/mol. The number of carbonyl (C=O) groups is 1. The molecule has 0 saturated carbocycles. The molecule has 0 N–H and O–H groups in total. The van der Waals surface area contributed by atoms with Gasteiger partial charge in [0, 0.05) is 11.3 Å². The van der Waals surface area contributed by atoms with E-state index < -0.39 is 0 Å². The van der Waals surface area contributed by atoms with Crippen LogP contribution in [0.3, 0.4) is 0 Å². The zero-order valence-corrected chi connectivity index (χ0v) is 11.2. The van der Waals surface area contributed by atoms with E-state index in [0.717, 1.165) is 10.5 Å². The molecule has 0 aliphatic rings. The number of hydrogen-bond donors (Lipinski definition) is 0. The fourth-order valence-electron chi connectivity index (χ4n) is 1.77. The molecule has 0 saturated heterocycles. The second-order valence-corrected chi connectivity index (χ2v) is 5.22. The Bertz CT molecular complexity index is 493. The summed E-state index contributed by atoms with van der Waals surface area (Å²) in [4.78, 5) is 13.2. The van der Waals surface area contributed by atoms with Gasteiger partial charge in [-0.2, -0.15) is 0 Å². The lowest BCUT2D eigenvalue weighted by molar-refractivity contribution is -0.118. The Morgan fingerprint density at radius 2 is 1.56 bits per heavy atom. The van der Waals surface area contributed by atoms with Crippen molar-refractivity contribution in [2.45, 2.75) is 23.5 Å². The van der Waals surface area contributed by atoms with Gasteiger partial charge >= 0.3 is 0 Å². The minimum Gasteiger partial charge on any atom is -0.298 e. The molecule has 1 atom stereocenters. The van der Waals surface area contributed by atoms with Gasteiger partial charge < -0.3 is 0 Å². The largest absolute Gasteiger partial charge is 0.298 e. The first-order valence-electron chi connectivity index (χ1n) is 6.10. The first-order chi connectivity index (χ1) is 8.81. The molecule has 0 fully saturated rings. The van der Waals surface area contributed by atoms with Gasteiger partial charge in [-0.15, -0.1) is 11.8 Å². The van der Waals surface area contributed by atoms with Crippen LogP contribution in [0.4, 0.5) is 0 Å². The molecule has 2 rings (SSSR count). The summed E-state index contributed by atoms with van der Waals surface area (Å²) in [5, 5.41) is -0.0985. The van der Waals surface area contributed by atoms with Crippen molar-refractivity contribution in [3.63, 3.8) is 0 Å². The van der Waals surface area contributed by atoms with E-state index in [-0.39, 0.29) is 11.0 Å². The molecule has 1 nitrogen and oxygen atoms in total. The maximum absolute atomic E-state index is 12.1. The van der Waals surface area contributed by atoms with Crippen molar-refractivity contribution < 1.29 is 4.79 Å². The maximum atomic E-state index is 12.1. The molecule has 0 aromatic heterocycles. The topological polar surface area (TPSA) is 17.1 Å². The molecule has 0 aliphatic carbocycles. The molecule has 1 unspecified atom stereocenters. The van der Waals surface area contributed by atoms with Crippen molar-refractivity contribution in [1.82, 2.24) is 0 Å². The van der Waals surface area contributed by atoms with Crippen LogP contribution >= 0.6 is 11.8 Å². The summed E-state index contributed by atoms with van der Waals surface area (Å²) < 4.78 is 0. The van der Waals surface area contributed by atoms with Crippen molar-refractivity contribution in [2.75, 3.05) is 0 Å². The Morgan fingerprint density at radius 3 is 2.11 bits per heavy atom. The lowest BCUT2D eigenvalue weighted by atomic mass is 10.1. The summed E-state index contributed by atoms with van der Waals surface area (Å²) >= 11 is 1.62. The number of hydrogen-bond acceptors (Lipinski definition) is 2. The molecule has 0 radical (unpaired) electrons. The Labute approximate surface area is 112 Å². The minimum atomic E-state index is -0.0985. The Hall–Kier alpha value is -1.54. The first kappa shape index (κ1) is 12.9. The van der Waals surface area contributed by atoms with E-state index in [1.165, 1.54) is 0 Å². The summed E-state index contributed by atoms with van der Waals surface area (Å²) in [6, 6.07) is 20.1. The third-order valence-electron chi connectivity index (χ3n) is 2.74. The van der Waals surface area contributed by atoms with E-state index >= 15 is 0 Å². The van der Waals surface area contributed by atoms with Crippen LogP contribution in [0.15, 0.2) is 65.6 Å². The van der Waals surface area contributed by atoms with Gasteiger partial charge in [0.1, 0.15) is 5.78 Å². The summed E-state index contributed by atoms with van der Waals surface area (Å²) in [6.45, 7) is 1.92. The normalized spacial score (nSPS) is 12.1. The fourth-order valence-corrected chi connectivity index (χ4v) is 2.95. The van der Waals surface area contributed by atoms with Crippen molar-refractivity contribution in [2.24, 2.45) is 0 Å². The molecule has 0 amide bonds. The number of Topliss-reactive ketones (excluding diaryl/α,β-unsaturated/α-hetero) is 1. The molecule has 2 heteroatoms. The average Bonchev–Trinajstić information content (AvgIpc) is 2.46. The van der Waals surface area contributed by atoms with E-state index in [1.807, 2.05) is 67.6 Å². The van der Waals surface area contributed by atoms with Crippen molar-refractivity contribution in [1.29, 1.82) is 0 Å². The highest BCUT2D eigenvalue weighted by molar-refractivity contribution is 8.00. The minimum absolute atomic E-state index is 0.0985. The van der Waals surface area contributed by atoms with Crippen LogP contribution in [0.1, 0.15) is 24.2 Å². The molecule has 92 valence electrons. The highest BCUT2D eigenvalue weighted by Gasteiger charge is 2.19. The first-order valence-corrected chi connectivity index (χ1v) is 6.98. The standard InChI is InChI=1S/C16H16OS/c1-2-15(17)16(13-9-5-3-6-10-13)18-14-11-7-4-8-12-14/h3-12,16H,2H2,1H3. The van der Waals surface area contributed by atoms with Crippen LogP contribution in [-0.4, -0.2) is 5.78 Å². The zero-order valence-electron chi connectivity index (χ0n) is 10.4. The lowest BCUT2D eigenvalue weighted by Gasteiger charge is -2.15. The van der Waals surface area contributed by atoms with Crippen LogP contribution in [0.2, 0.25) is 0 Å². The molecule has 0 aliphatic heterocycles. The predicted molar refractivity (Wildman–Crippen MR) is 76.8 cm³/mol. The lowest BCUT2D eigenvalue weighted by Crippen LogP contribution is -2.07. The highest BCUT2D eigenvalue weighted by Crippen LogP contribution is 2.36. The number of benzene rings is 2. The van der Waals surface area contributed by atoms with Crippen LogP contribution in [0.25, 0.3) is 0 Å². The van der Waals surface area contributed by atoms with Crippen LogP contribution in [0, 0.1) is 0 Å². The number of thioether (sulfide) groups is 1. The summed E-state index contributed by atoms with van der Waals surface area (Å²) in [7, 11) is 0. The molecule has 18 heavy (non-hydrogen) atoms. The summed E-state index contributed by atoms with van der Waals surface area (Å²) in [5.74, 6) is 0.273. The Kier molecular flexibility index (Phi) is 4.59. The second kappa shape index (κ2) is 6.41. The van der Waals surface area contributed by atoms with E-state index in [2.05, 4.69) is 0 Å². The third kappa shape index (κ3) is 3.23. The summed E-state index contributed by atoms with van der Waals surface area (Å²) in [6.07, 6.45) is 0.569. The molecule has 0 heterocycles. The monoisotopic (exact) mass is 256 g/mol. The van der Waals surface area contributed by atoms with Crippen molar-refractivity contribution in [3.8, 4) is 0 Å². The van der Waals surface area contributed by atoms with E-state index in [4.69, 9.17) is 0 Å². The van der Waals surface area contributed by atoms with Gasteiger partial charge in [0.2, 0.25) is 0 Å². The second-order valence-electron chi connectivity index (χ2n) is 4.04. The van der Waals surface area contributed by atoms with Crippen molar-refractivity contribution in [3.05, 3.63) is 66.2 Å². The number of rotatable bonds is 5. The van der Waals surface area contributed by atoms with E-state index in [0.29, 0.717) is 6.42 Å². The van der Waals surface area contributed by atoms with Gasteiger partial charge in [0.05, 0.1) is 5.25 Å². The molecule has 0 spiro atoms. The van der Waals surface area contributed by atoms with Gasteiger partial charge in [-0.05, 0) is 17.7 Å². The van der Waals surface area contributed by atoms with Crippen LogP contribution in [0.5, 0.6) is 0 Å². The Morgan fingerprint density at radius 1 is 1.00 bits per heavy atom. The molecule has 0 bridgehead atoms. The van der Waals surface area contributed by atoms with Gasteiger partial charge in [0.15, 0.2) is 0 Å². The smallest absolute Gasteiger partial charge is 0.150 e. The number of ketones is 1. The van der Waals surface area contributed by atoms with Gasteiger partial charge in [0.25, 0.3) is 0 Å². The molecule has 2 aromatic carbocycles. The predicted octanol–water partition coefficient (Wildman–Crippen LogP) is 4.50. The molecule has 2 aromatic rings. The summed E-state index contributed by atoms with van der Waals surface area (Å²) in [5.41, 5.74) is 1.08. The van der Waals surface area contributed by atoms with Gasteiger partial charge in [-0.3, -0.25) is 4.79 Å². The zero-order chi connectivity index (χ0) is 12.8. The quantitative estimate of drug-likeness (QED) is 0.733. The van der Waals surface area contributed by atoms with Gasteiger partial charge in [-0.1, -0.05) is 55.5 Å². The fraction of sp³-hybridized carbons (Fsp3) is 0.188. The van der Waals surface area contributed by atoms with E-state index in [1.54, 1.807) is 11.8 Å². The van der Waals surface area contributed by atoms with Gasteiger partial charge in [-0.25, -0.2) is 0 Å². The SMILES string of the molecule is CCC(=O)C(Sc1ccccc1)c1ccccc1. The van der Waals surface area contributed by atoms with Crippen LogP contribution in [-0.2, 0) is 4.79 Å². The van der Waals surface area contributed by atoms with Crippen LogP contribution < -0.4 is 0 Å². The average molecular weight is 256 g/mol. The van der Waals surface area contributed by atoms with E-state index in [9.17, 15) is 4.79 Å². The molecular formula is C16H16OS. The maximum Gasteiger partial charge on any atom is 0.150 e.